The van der Waals surface area contributed by atoms with E-state index in [4.69, 9.17) is 10.2 Å². The van der Waals surface area contributed by atoms with E-state index in [1.165, 1.54) is 0 Å². The standard InChI is InChI=1S/C13H19NO2/c1-10-4-6-13(9-14,7-5-10)12(15)11-3-2-8-16-11/h2-3,8,10H,4-7,9,14H2,1H3. The Morgan fingerprint density at radius 1 is 1.56 bits per heavy atom. The molecule has 1 aliphatic rings. The maximum Gasteiger partial charge on any atom is 0.205 e. The molecule has 0 saturated heterocycles. The van der Waals surface area contributed by atoms with E-state index in [1.807, 2.05) is 0 Å². The van der Waals surface area contributed by atoms with Gasteiger partial charge in [0.15, 0.2) is 5.76 Å². The first kappa shape index (κ1) is 11.4. The van der Waals surface area contributed by atoms with Gasteiger partial charge in [-0.25, -0.2) is 0 Å². The van der Waals surface area contributed by atoms with Crippen LogP contribution in [0.4, 0.5) is 0 Å². The molecule has 16 heavy (non-hydrogen) atoms. The fourth-order valence-corrected chi connectivity index (χ4v) is 2.51. The number of carbonyl (C=O) groups excluding carboxylic acids is 1. The van der Waals surface area contributed by atoms with Gasteiger partial charge >= 0.3 is 0 Å². The Morgan fingerprint density at radius 2 is 2.25 bits per heavy atom. The van der Waals surface area contributed by atoms with Gasteiger partial charge in [-0.1, -0.05) is 6.92 Å². The third kappa shape index (κ3) is 1.92. The van der Waals surface area contributed by atoms with Gasteiger partial charge in [-0.3, -0.25) is 4.79 Å². The summed E-state index contributed by atoms with van der Waals surface area (Å²) in [5.74, 6) is 1.26. The molecule has 0 atom stereocenters. The Balaban J connectivity index is 2.19. The molecule has 0 amide bonds. The molecular formula is C13H19NO2. The predicted octanol–water partition coefficient (Wildman–Crippen LogP) is 2.62. The summed E-state index contributed by atoms with van der Waals surface area (Å²) in [5, 5.41) is 0. The number of hydrogen-bond donors (Lipinski definition) is 1. The highest BCUT2D eigenvalue weighted by Gasteiger charge is 2.41. The molecule has 1 aromatic heterocycles. The van der Waals surface area contributed by atoms with Crippen molar-refractivity contribution in [3.05, 3.63) is 24.2 Å². The SMILES string of the molecule is CC1CCC(CN)(C(=O)c2ccco2)CC1. The van der Waals surface area contributed by atoms with Crippen LogP contribution in [-0.2, 0) is 0 Å². The Labute approximate surface area is 96.0 Å². The van der Waals surface area contributed by atoms with Crippen LogP contribution in [0.15, 0.2) is 22.8 Å². The molecule has 3 heteroatoms. The summed E-state index contributed by atoms with van der Waals surface area (Å²) < 4.78 is 5.20. The summed E-state index contributed by atoms with van der Waals surface area (Å²) in [6.07, 6.45) is 5.50. The van der Waals surface area contributed by atoms with E-state index in [0.29, 0.717) is 18.2 Å². The van der Waals surface area contributed by atoms with Crippen LogP contribution >= 0.6 is 0 Å². The molecule has 0 unspecified atom stereocenters. The van der Waals surface area contributed by atoms with Crippen LogP contribution in [0.3, 0.4) is 0 Å². The molecule has 0 aromatic carbocycles. The van der Waals surface area contributed by atoms with Crippen molar-refractivity contribution in [2.24, 2.45) is 17.1 Å². The van der Waals surface area contributed by atoms with E-state index < -0.39 is 0 Å². The maximum absolute atomic E-state index is 12.3. The van der Waals surface area contributed by atoms with Crippen LogP contribution in [0.5, 0.6) is 0 Å². The molecule has 1 saturated carbocycles. The number of ketones is 1. The number of carbonyl (C=O) groups is 1. The summed E-state index contributed by atoms with van der Waals surface area (Å²) in [5.41, 5.74) is 5.46. The van der Waals surface area contributed by atoms with Crippen molar-refractivity contribution in [1.29, 1.82) is 0 Å². The van der Waals surface area contributed by atoms with E-state index in [1.54, 1.807) is 18.4 Å². The number of rotatable bonds is 3. The molecule has 0 aliphatic heterocycles. The zero-order valence-corrected chi connectivity index (χ0v) is 9.74. The number of nitrogens with two attached hydrogens (primary N) is 1. The van der Waals surface area contributed by atoms with Gasteiger partial charge in [0.25, 0.3) is 0 Å². The van der Waals surface area contributed by atoms with E-state index in [2.05, 4.69) is 6.92 Å². The van der Waals surface area contributed by atoms with Crippen LogP contribution in [0.2, 0.25) is 0 Å². The molecule has 0 spiro atoms. The van der Waals surface area contributed by atoms with Gasteiger partial charge in [0.1, 0.15) is 0 Å². The van der Waals surface area contributed by atoms with E-state index in [9.17, 15) is 4.79 Å². The van der Waals surface area contributed by atoms with Crippen LogP contribution in [0.25, 0.3) is 0 Å². The first-order valence-electron chi connectivity index (χ1n) is 5.96. The topological polar surface area (TPSA) is 56.2 Å². The molecule has 88 valence electrons. The van der Waals surface area contributed by atoms with E-state index in [0.717, 1.165) is 25.7 Å². The van der Waals surface area contributed by atoms with Crippen LogP contribution in [-0.4, -0.2) is 12.3 Å². The van der Waals surface area contributed by atoms with Crippen molar-refractivity contribution in [3.63, 3.8) is 0 Å². The van der Waals surface area contributed by atoms with E-state index in [-0.39, 0.29) is 11.2 Å². The molecule has 0 bridgehead atoms. The minimum atomic E-state index is -0.371. The normalized spacial score (nSPS) is 30.2. The quantitative estimate of drug-likeness (QED) is 0.798. The second-order valence-corrected chi connectivity index (χ2v) is 4.97. The second kappa shape index (κ2) is 4.42. The third-order valence-electron chi connectivity index (χ3n) is 3.85. The molecule has 1 aliphatic carbocycles. The summed E-state index contributed by atoms with van der Waals surface area (Å²) in [7, 11) is 0. The van der Waals surface area contributed by atoms with Gasteiger partial charge in [0, 0.05) is 12.0 Å². The third-order valence-corrected chi connectivity index (χ3v) is 3.85. The average Bonchev–Trinajstić information content (AvgIpc) is 2.83. The Bertz CT molecular complexity index is 348. The number of Topliss-reactive ketones (excluding diaryl/α,β-unsaturated/α-hetero) is 1. The van der Waals surface area contributed by atoms with Gasteiger partial charge < -0.3 is 10.2 Å². The summed E-state index contributed by atoms with van der Waals surface area (Å²) in [6.45, 7) is 2.66. The van der Waals surface area contributed by atoms with Crippen LogP contribution in [0.1, 0.15) is 43.2 Å². The summed E-state index contributed by atoms with van der Waals surface area (Å²) in [6, 6.07) is 3.49. The van der Waals surface area contributed by atoms with Crippen molar-refractivity contribution in [2.75, 3.05) is 6.54 Å². The number of furan rings is 1. The van der Waals surface area contributed by atoms with Gasteiger partial charge in [-0.2, -0.15) is 0 Å². The van der Waals surface area contributed by atoms with Crippen molar-refractivity contribution in [3.8, 4) is 0 Å². The van der Waals surface area contributed by atoms with Crippen molar-refractivity contribution in [2.45, 2.75) is 32.6 Å². The molecule has 2 N–H and O–H groups in total. The van der Waals surface area contributed by atoms with Gasteiger partial charge in [0.2, 0.25) is 5.78 Å². The fourth-order valence-electron chi connectivity index (χ4n) is 2.51. The van der Waals surface area contributed by atoms with Crippen molar-refractivity contribution in [1.82, 2.24) is 0 Å². The second-order valence-electron chi connectivity index (χ2n) is 4.97. The Morgan fingerprint density at radius 3 is 2.75 bits per heavy atom. The lowest BCUT2D eigenvalue weighted by molar-refractivity contribution is 0.0664. The van der Waals surface area contributed by atoms with Crippen molar-refractivity contribution >= 4 is 5.78 Å². The van der Waals surface area contributed by atoms with Gasteiger partial charge in [0.05, 0.1) is 6.26 Å². The lowest BCUT2D eigenvalue weighted by atomic mass is 9.68. The lowest BCUT2D eigenvalue weighted by Gasteiger charge is -2.36. The Hall–Kier alpha value is -1.09. The first-order valence-corrected chi connectivity index (χ1v) is 5.96. The fraction of sp³-hybridized carbons (Fsp3) is 0.615. The largest absolute Gasteiger partial charge is 0.461 e. The molecule has 2 rings (SSSR count). The van der Waals surface area contributed by atoms with Crippen LogP contribution in [0, 0.1) is 11.3 Å². The zero-order chi connectivity index (χ0) is 11.6. The van der Waals surface area contributed by atoms with E-state index >= 15 is 0 Å². The molecule has 1 fully saturated rings. The highest BCUT2D eigenvalue weighted by Crippen LogP contribution is 2.40. The smallest absolute Gasteiger partial charge is 0.205 e. The average molecular weight is 221 g/mol. The number of hydrogen-bond acceptors (Lipinski definition) is 3. The summed E-state index contributed by atoms with van der Waals surface area (Å²) >= 11 is 0. The Kier molecular flexibility index (Phi) is 3.15. The predicted molar refractivity (Wildman–Crippen MR) is 62.2 cm³/mol. The van der Waals surface area contributed by atoms with Crippen molar-refractivity contribution < 1.29 is 9.21 Å². The molecule has 1 heterocycles. The highest BCUT2D eigenvalue weighted by molar-refractivity contribution is 5.98. The lowest BCUT2D eigenvalue weighted by Crippen LogP contribution is -2.41. The first-order chi connectivity index (χ1) is 7.68. The highest BCUT2D eigenvalue weighted by atomic mass is 16.3. The monoisotopic (exact) mass is 221 g/mol. The van der Waals surface area contributed by atoms with Gasteiger partial charge in [-0.05, 0) is 43.7 Å². The molecule has 0 radical (unpaired) electrons. The minimum Gasteiger partial charge on any atom is -0.461 e. The minimum absolute atomic E-state index is 0.0897. The molecule has 1 aromatic rings. The molecular weight excluding hydrogens is 202 g/mol. The molecule has 3 nitrogen and oxygen atoms in total. The zero-order valence-electron chi connectivity index (χ0n) is 9.74. The maximum atomic E-state index is 12.3. The summed E-state index contributed by atoms with van der Waals surface area (Å²) in [4.78, 5) is 12.3. The van der Waals surface area contributed by atoms with Gasteiger partial charge in [-0.15, -0.1) is 0 Å². The van der Waals surface area contributed by atoms with Crippen LogP contribution < -0.4 is 5.73 Å².